The third kappa shape index (κ3) is 6.40. The molecule has 0 aliphatic carbocycles. The standard InChI is InChI=1S/C35H31F3N2O5/c1-21-31(44-4)30(27-10-5-6-11-28(27)39-21)32(41)40(20-26-16-17-29(45-26)35(36,37)38)19-22-12-14-23(15-13-22)24-8-7-9-25(18-24)34(2,3)33(42)43/h5-18H,19-20H2,1-4H3,(H,42,43). The molecule has 3 aromatic carbocycles. The van der Waals surface area contributed by atoms with Crippen LogP contribution in [0, 0.1) is 6.92 Å². The van der Waals surface area contributed by atoms with Crippen molar-refractivity contribution in [3.63, 3.8) is 0 Å². The Morgan fingerprint density at radius 2 is 1.62 bits per heavy atom. The summed E-state index contributed by atoms with van der Waals surface area (Å²) in [5, 5.41) is 10.2. The minimum Gasteiger partial charge on any atom is -0.494 e. The molecule has 0 saturated heterocycles. The molecule has 1 N–H and O–H groups in total. The van der Waals surface area contributed by atoms with Gasteiger partial charge in [-0.15, -0.1) is 0 Å². The van der Waals surface area contributed by atoms with E-state index in [2.05, 4.69) is 4.98 Å². The van der Waals surface area contributed by atoms with Gasteiger partial charge in [-0.05, 0) is 61.2 Å². The maximum atomic E-state index is 14.3. The lowest BCUT2D eigenvalue weighted by atomic mass is 9.83. The quantitative estimate of drug-likeness (QED) is 0.180. The van der Waals surface area contributed by atoms with Crippen molar-refractivity contribution in [1.29, 1.82) is 0 Å². The molecule has 10 heteroatoms. The van der Waals surface area contributed by atoms with E-state index in [1.165, 1.54) is 18.1 Å². The molecule has 5 rings (SSSR count). The second kappa shape index (κ2) is 12.1. The normalized spacial score (nSPS) is 11.9. The molecule has 1 amide bonds. The Hall–Kier alpha value is -5.12. The summed E-state index contributed by atoms with van der Waals surface area (Å²) in [7, 11) is 1.44. The first-order valence-electron chi connectivity index (χ1n) is 14.1. The molecule has 45 heavy (non-hydrogen) atoms. The Bertz CT molecular complexity index is 1880. The summed E-state index contributed by atoms with van der Waals surface area (Å²) >= 11 is 0. The number of para-hydroxylation sites is 1. The van der Waals surface area contributed by atoms with Crippen molar-refractivity contribution in [3.8, 4) is 16.9 Å². The van der Waals surface area contributed by atoms with E-state index < -0.39 is 29.2 Å². The minimum absolute atomic E-state index is 0.0285. The number of amides is 1. The molecular weight excluding hydrogens is 585 g/mol. The number of hydrogen-bond acceptors (Lipinski definition) is 5. The third-order valence-corrected chi connectivity index (χ3v) is 7.79. The zero-order valence-electron chi connectivity index (χ0n) is 25.1. The first-order valence-corrected chi connectivity index (χ1v) is 14.1. The summed E-state index contributed by atoms with van der Waals surface area (Å²) in [6, 6.07) is 23.8. The molecule has 0 bridgehead atoms. The summed E-state index contributed by atoms with van der Waals surface area (Å²) in [5.74, 6) is -2.30. The molecule has 5 aromatic rings. The fourth-order valence-electron chi connectivity index (χ4n) is 5.17. The molecule has 0 aliphatic heterocycles. The van der Waals surface area contributed by atoms with Crippen molar-refractivity contribution >= 4 is 22.8 Å². The van der Waals surface area contributed by atoms with Crippen LogP contribution in [0.2, 0.25) is 0 Å². The summed E-state index contributed by atoms with van der Waals surface area (Å²) in [6.07, 6.45) is -4.67. The van der Waals surface area contributed by atoms with Crippen LogP contribution in [0.5, 0.6) is 5.75 Å². The van der Waals surface area contributed by atoms with E-state index >= 15 is 0 Å². The molecular formula is C35H31F3N2O5. The smallest absolute Gasteiger partial charge is 0.449 e. The monoisotopic (exact) mass is 616 g/mol. The number of furan rings is 1. The number of carboxylic acid groups (broad SMARTS) is 1. The third-order valence-electron chi connectivity index (χ3n) is 7.79. The number of halogens is 3. The van der Waals surface area contributed by atoms with Gasteiger partial charge in [-0.3, -0.25) is 9.59 Å². The van der Waals surface area contributed by atoms with Crippen molar-refractivity contribution < 1.29 is 37.0 Å². The van der Waals surface area contributed by atoms with E-state index in [9.17, 15) is 27.9 Å². The predicted molar refractivity (Wildman–Crippen MR) is 163 cm³/mol. The lowest BCUT2D eigenvalue weighted by molar-refractivity contribution is -0.153. The van der Waals surface area contributed by atoms with E-state index in [4.69, 9.17) is 9.15 Å². The summed E-state index contributed by atoms with van der Waals surface area (Å²) < 4.78 is 50.6. The van der Waals surface area contributed by atoms with Gasteiger partial charge in [0.1, 0.15) is 5.76 Å². The molecule has 0 radical (unpaired) electrons. The van der Waals surface area contributed by atoms with Crippen LogP contribution in [0.25, 0.3) is 22.0 Å². The molecule has 0 unspecified atom stereocenters. The van der Waals surface area contributed by atoms with Gasteiger partial charge in [-0.25, -0.2) is 4.98 Å². The number of carbonyl (C=O) groups excluding carboxylic acids is 1. The maximum absolute atomic E-state index is 14.3. The predicted octanol–water partition coefficient (Wildman–Crippen LogP) is 8.04. The van der Waals surface area contributed by atoms with Gasteiger partial charge in [0, 0.05) is 11.9 Å². The van der Waals surface area contributed by atoms with E-state index in [1.54, 1.807) is 57.2 Å². The number of carboxylic acids is 1. The highest BCUT2D eigenvalue weighted by Crippen LogP contribution is 2.34. The lowest BCUT2D eigenvalue weighted by Crippen LogP contribution is -2.31. The van der Waals surface area contributed by atoms with Crippen LogP contribution in [0.3, 0.4) is 0 Å². The van der Waals surface area contributed by atoms with Gasteiger partial charge in [0.2, 0.25) is 5.76 Å². The van der Waals surface area contributed by atoms with Crippen molar-refractivity contribution in [2.24, 2.45) is 0 Å². The number of rotatable bonds is 9. The van der Waals surface area contributed by atoms with Crippen LogP contribution < -0.4 is 4.74 Å². The highest BCUT2D eigenvalue weighted by molar-refractivity contribution is 6.08. The van der Waals surface area contributed by atoms with Gasteiger partial charge < -0.3 is 19.2 Å². The number of pyridine rings is 1. The molecule has 232 valence electrons. The van der Waals surface area contributed by atoms with Crippen LogP contribution in [0.1, 0.15) is 52.5 Å². The Morgan fingerprint density at radius 3 is 2.27 bits per heavy atom. The average molecular weight is 617 g/mol. The van der Waals surface area contributed by atoms with Gasteiger partial charge >= 0.3 is 12.1 Å². The summed E-state index contributed by atoms with van der Waals surface area (Å²) in [5.41, 5.74) is 3.26. The van der Waals surface area contributed by atoms with E-state index in [1.807, 2.05) is 36.4 Å². The number of aryl methyl sites for hydroxylation is 1. The summed E-state index contributed by atoms with van der Waals surface area (Å²) in [6.45, 7) is 4.82. The molecule has 0 fully saturated rings. The topological polar surface area (TPSA) is 92.9 Å². The van der Waals surface area contributed by atoms with Gasteiger partial charge in [-0.2, -0.15) is 13.2 Å². The molecule has 7 nitrogen and oxygen atoms in total. The Balaban J connectivity index is 1.51. The fourth-order valence-corrected chi connectivity index (χ4v) is 5.17. The zero-order chi connectivity index (χ0) is 32.5. The van der Waals surface area contributed by atoms with Gasteiger partial charge in [-0.1, -0.05) is 66.7 Å². The van der Waals surface area contributed by atoms with E-state index in [0.717, 1.165) is 17.2 Å². The molecule has 2 heterocycles. The van der Waals surface area contributed by atoms with Crippen LogP contribution in [-0.4, -0.2) is 34.0 Å². The van der Waals surface area contributed by atoms with Crippen molar-refractivity contribution in [2.75, 3.05) is 7.11 Å². The number of carbonyl (C=O) groups is 2. The number of methoxy groups -OCH3 is 1. The van der Waals surface area contributed by atoms with E-state index in [0.29, 0.717) is 27.7 Å². The largest absolute Gasteiger partial charge is 0.494 e. The van der Waals surface area contributed by atoms with Crippen molar-refractivity contribution in [3.05, 3.63) is 119 Å². The second-order valence-corrected chi connectivity index (χ2v) is 11.3. The second-order valence-electron chi connectivity index (χ2n) is 11.3. The van der Waals surface area contributed by atoms with Crippen molar-refractivity contribution in [2.45, 2.75) is 45.5 Å². The maximum Gasteiger partial charge on any atom is 0.449 e. The number of alkyl halides is 3. The molecule has 0 spiro atoms. The number of aromatic nitrogens is 1. The minimum atomic E-state index is -4.67. The molecule has 2 aromatic heterocycles. The van der Waals surface area contributed by atoms with Crippen LogP contribution >= 0.6 is 0 Å². The summed E-state index contributed by atoms with van der Waals surface area (Å²) in [4.78, 5) is 32.0. The Morgan fingerprint density at radius 1 is 0.911 bits per heavy atom. The zero-order valence-corrected chi connectivity index (χ0v) is 25.1. The molecule has 0 saturated carbocycles. The van der Waals surface area contributed by atoms with Crippen LogP contribution in [-0.2, 0) is 29.5 Å². The highest BCUT2D eigenvalue weighted by atomic mass is 19.4. The Kier molecular flexibility index (Phi) is 8.42. The Labute approximate surface area is 257 Å². The first kappa shape index (κ1) is 31.3. The average Bonchev–Trinajstić information content (AvgIpc) is 3.49. The molecule has 0 aliphatic rings. The van der Waals surface area contributed by atoms with Gasteiger partial charge in [0.25, 0.3) is 5.91 Å². The van der Waals surface area contributed by atoms with Crippen molar-refractivity contribution in [1.82, 2.24) is 9.88 Å². The van der Waals surface area contributed by atoms with Gasteiger partial charge in [0.15, 0.2) is 5.75 Å². The lowest BCUT2D eigenvalue weighted by Gasteiger charge is -2.24. The fraction of sp³-hybridized carbons (Fsp3) is 0.229. The number of fused-ring (bicyclic) bond motifs is 1. The number of ether oxygens (including phenoxy) is 1. The van der Waals surface area contributed by atoms with Crippen LogP contribution in [0.4, 0.5) is 13.2 Å². The molecule has 0 atom stereocenters. The first-order chi connectivity index (χ1) is 21.3. The van der Waals surface area contributed by atoms with E-state index in [-0.39, 0.29) is 30.2 Å². The SMILES string of the molecule is COc1c(C)nc2ccccc2c1C(=O)N(Cc1ccc(-c2cccc(C(C)(C)C(=O)O)c2)cc1)Cc1ccc(C(F)(F)F)o1. The number of nitrogens with zero attached hydrogens (tertiary/aromatic N) is 2. The number of aliphatic carboxylic acids is 1. The van der Waals surface area contributed by atoms with Gasteiger partial charge in [0.05, 0.1) is 35.8 Å². The number of benzene rings is 3. The highest BCUT2D eigenvalue weighted by Gasteiger charge is 2.35. The number of hydrogen-bond donors (Lipinski definition) is 1. The van der Waals surface area contributed by atoms with Crippen LogP contribution in [0.15, 0.2) is 89.3 Å².